The largest absolute Gasteiger partial charge is 0.329 e. The van der Waals surface area contributed by atoms with Crippen LogP contribution in [-0.4, -0.2) is 41.3 Å². The highest BCUT2D eigenvalue weighted by molar-refractivity contribution is 7.89. The number of fused-ring (bicyclic) bond motifs is 3. The molecule has 0 N–H and O–H groups in total. The van der Waals surface area contributed by atoms with E-state index in [1.807, 2.05) is 77.0 Å². The number of benzene rings is 3. The van der Waals surface area contributed by atoms with Crippen LogP contribution in [0.3, 0.4) is 0 Å². The molecule has 7 nitrogen and oxygen atoms in total. The third kappa shape index (κ3) is 4.27. The maximum atomic E-state index is 11.6. The molecule has 2 aromatic heterocycles. The first-order chi connectivity index (χ1) is 15.8. The van der Waals surface area contributed by atoms with Gasteiger partial charge in [0.05, 0.1) is 11.3 Å². The Balaban J connectivity index is 1.54. The van der Waals surface area contributed by atoms with Crippen LogP contribution in [0.15, 0.2) is 73.1 Å². The van der Waals surface area contributed by atoms with Crippen molar-refractivity contribution in [2.24, 2.45) is 0 Å². The molecule has 0 bridgehead atoms. The van der Waals surface area contributed by atoms with Crippen LogP contribution in [0.1, 0.15) is 5.56 Å². The van der Waals surface area contributed by atoms with E-state index in [4.69, 9.17) is 16.6 Å². The number of rotatable bonds is 5. The number of halogens is 1. The molecule has 0 saturated carbocycles. The van der Waals surface area contributed by atoms with Gasteiger partial charge in [0.15, 0.2) is 9.84 Å². The number of anilines is 2. The molecule has 0 unspecified atom stereocenters. The highest BCUT2D eigenvalue weighted by Gasteiger charge is 2.15. The number of hydrogen-bond donors (Lipinski definition) is 0. The molecule has 5 rings (SSSR count). The third-order valence-corrected chi connectivity index (χ3v) is 6.56. The van der Waals surface area contributed by atoms with E-state index in [1.54, 1.807) is 6.33 Å². The van der Waals surface area contributed by atoms with Crippen molar-refractivity contribution in [3.63, 3.8) is 0 Å². The van der Waals surface area contributed by atoms with Crippen LogP contribution in [0.5, 0.6) is 0 Å². The molecule has 0 radical (unpaired) electrons. The number of aromatic nitrogens is 4. The van der Waals surface area contributed by atoms with E-state index in [9.17, 15) is 8.42 Å². The predicted molar refractivity (Wildman–Crippen MR) is 132 cm³/mol. The van der Waals surface area contributed by atoms with E-state index in [2.05, 4.69) is 16.3 Å². The summed E-state index contributed by atoms with van der Waals surface area (Å²) in [5.41, 5.74) is 4.60. The van der Waals surface area contributed by atoms with E-state index in [1.165, 1.54) is 6.26 Å². The van der Waals surface area contributed by atoms with Crippen LogP contribution >= 0.6 is 11.6 Å². The zero-order valence-electron chi connectivity index (χ0n) is 18.0. The summed E-state index contributed by atoms with van der Waals surface area (Å²) >= 11 is 6.25. The fourth-order valence-electron chi connectivity index (χ4n) is 3.89. The summed E-state index contributed by atoms with van der Waals surface area (Å²) in [6.45, 7) is 0. The van der Waals surface area contributed by atoms with Crippen molar-refractivity contribution in [3.8, 4) is 11.1 Å². The molecule has 0 atom stereocenters. The summed E-state index contributed by atoms with van der Waals surface area (Å²) in [6, 6.07) is 21.3. The molecule has 0 spiro atoms. The Kier molecular flexibility index (Phi) is 5.26. The lowest BCUT2D eigenvalue weighted by Gasteiger charge is -2.21. The summed E-state index contributed by atoms with van der Waals surface area (Å²) in [6.07, 6.45) is 2.86. The fraction of sp³-hybridized carbons (Fsp3) is 0.125. The molecule has 2 heterocycles. The van der Waals surface area contributed by atoms with Gasteiger partial charge in [-0.25, -0.2) is 8.42 Å². The standard InChI is InChI=1S/C24H20ClN5O2S/c1-29(23-21-11-10-19(25)13-22(21)30-15-26-28-24(30)27-23)20-5-3-4-18(12-20)17-8-6-16(7-9-17)14-33(2,31)32/h3-13,15H,14H2,1-2H3. The second kappa shape index (κ2) is 8.13. The monoisotopic (exact) mass is 477 g/mol. The molecule has 5 aromatic rings. The van der Waals surface area contributed by atoms with E-state index in [0.29, 0.717) is 10.8 Å². The van der Waals surface area contributed by atoms with Crippen molar-refractivity contribution in [2.75, 3.05) is 18.2 Å². The zero-order chi connectivity index (χ0) is 23.2. The summed E-state index contributed by atoms with van der Waals surface area (Å²) in [5, 5.41) is 9.66. The van der Waals surface area contributed by atoms with E-state index in [-0.39, 0.29) is 5.75 Å². The van der Waals surface area contributed by atoms with Crippen molar-refractivity contribution in [3.05, 3.63) is 83.6 Å². The molecule has 166 valence electrons. The minimum absolute atomic E-state index is 0.0317. The van der Waals surface area contributed by atoms with Gasteiger partial charge in [-0.2, -0.15) is 4.98 Å². The topological polar surface area (TPSA) is 80.5 Å². The second-order valence-corrected chi connectivity index (χ2v) is 10.6. The number of nitrogens with zero attached hydrogens (tertiary/aromatic N) is 5. The molecule has 9 heteroatoms. The Morgan fingerprint density at radius 3 is 2.55 bits per heavy atom. The normalized spacial score (nSPS) is 11.8. The van der Waals surface area contributed by atoms with Gasteiger partial charge in [0.2, 0.25) is 0 Å². The minimum Gasteiger partial charge on any atom is -0.329 e. The van der Waals surface area contributed by atoms with Gasteiger partial charge in [-0.05, 0) is 47.0 Å². The van der Waals surface area contributed by atoms with Crippen LogP contribution in [0.2, 0.25) is 5.02 Å². The van der Waals surface area contributed by atoms with Crippen LogP contribution < -0.4 is 4.90 Å². The first kappa shape index (κ1) is 21.4. The quantitative estimate of drug-likeness (QED) is 0.358. The Hall–Kier alpha value is -3.49. The SMILES string of the molecule is CN(c1cccc(-c2ccc(CS(C)(=O)=O)cc2)c1)c1nc2nncn2c2cc(Cl)ccc12. The van der Waals surface area contributed by atoms with Crippen molar-refractivity contribution in [1.29, 1.82) is 0 Å². The van der Waals surface area contributed by atoms with Crippen molar-refractivity contribution >= 4 is 49.6 Å². The maximum absolute atomic E-state index is 11.6. The highest BCUT2D eigenvalue weighted by Crippen LogP contribution is 2.33. The third-order valence-electron chi connectivity index (χ3n) is 5.46. The Morgan fingerprint density at radius 2 is 1.79 bits per heavy atom. The molecule has 33 heavy (non-hydrogen) atoms. The molecule has 0 aliphatic carbocycles. The molecule has 0 aliphatic rings. The smallest absolute Gasteiger partial charge is 0.257 e. The van der Waals surface area contributed by atoms with Gasteiger partial charge in [0, 0.05) is 29.4 Å². The number of hydrogen-bond acceptors (Lipinski definition) is 6. The second-order valence-electron chi connectivity index (χ2n) is 7.97. The van der Waals surface area contributed by atoms with E-state index < -0.39 is 9.84 Å². The Bertz CT molecular complexity index is 1600. The molecule has 3 aromatic carbocycles. The summed E-state index contributed by atoms with van der Waals surface area (Å²) < 4.78 is 24.9. The summed E-state index contributed by atoms with van der Waals surface area (Å²) in [5.74, 6) is 1.26. The predicted octanol–water partition coefficient (Wildman–Crippen LogP) is 4.91. The molecular formula is C24H20ClN5O2S. The fourth-order valence-corrected chi connectivity index (χ4v) is 4.86. The lowest BCUT2D eigenvalue weighted by atomic mass is 10.0. The average Bonchev–Trinajstić information content (AvgIpc) is 3.26. The zero-order valence-corrected chi connectivity index (χ0v) is 19.5. The van der Waals surface area contributed by atoms with E-state index in [0.717, 1.165) is 39.1 Å². The van der Waals surface area contributed by atoms with Crippen LogP contribution in [0, 0.1) is 0 Å². The molecule has 0 aliphatic heterocycles. The first-order valence-corrected chi connectivity index (χ1v) is 12.6. The van der Waals surface area contributed by atoms with Crippen LogP contribution in [0.4, 0.5) is 11.5 Å². The maximum Gasteiger partial charge on any atom is 0.257 e. The molecule has 0 saturated heterocycles. The van der Waals surface area contributed by atoms with Gasteiger partial charge >= 0.3 is 0 Å². The van der Waals surface area contributed by atoms with Crippen LogP contribution in [-0.2, 0) is 15.6 Å². The summed E-state index contributed by atoms with van der Waals surface area (Å²) in [7, 11) is -1.11. The van der Waals surface area contributed by atoms with Gasteiger partial charge in [-0.15, -0.1) is 10.2 Å². The van der Waals surface area contributed by atoms with Crippen LogP contribution in [0.25, 0.3) is 27.8 Å². The van der Waals surface area contributed by atoms with E-state index >= 15 is 0 Å². The molecule has 0 amide bonds. The molecular weight excluding hydrogens is 458 g/mol. The van der Waals surface area contributed by atoms with Crippen molar-refractivity contribution < 1.29 is 8.42 Å². The first-order valence-electron chi connectivity index (χ1n) is 10.2. The van der Waals surface area contributed by atoms with Gasteiger partial charge in [0.25, 0.3) is 5.78 Å². The summed E-state index contributed by atoms with van der Waals surface area (Å²) in [4.78, 5) is 6.74. The van der Waals surface area contributed by atoms with Gasteiger partial charge in [0.1, 0.15) is 12.1 Å². The van der Waals surface area contributed by atoms with Crippen molar-refractivity contribution in [2.45, 2.75) is 5.75 Å². The Labute approximate surface area is 196 Å². The lowest BCUT2D eigenvalue weighted by molar-refractivity contribution is 0.601. The average molecular weight is 478 g/mol. The van der Waals surface area contributed by atoms with Gasteiger partial charge in [-0.1, -0.05) is 48.0 Å². The molecule has 0 fully saturated rings. The lowest BCUT2D eigenvalue weighted by Crippen LogP contribution is -2.13. The number of sulfone groups is 1. The van der Waals surface area contributed by atoms with Gasteiger partial charge < -0.3 is 4.90 Å². The Morgan fingerprint density at radius 1 is 1.00 bits per heavy atom. The van der Waals surface area contributed by atoms with Crippen molar-refractivity contribution in [1.82, 2.24) is 19.6 Å². The minimum atomic E-state index is -3.07. The van der Waals surface area contributed by atoms with Gasteiger partial charge in [-0.3, -0.25) is 4.40 Å². The highest BCUT2D eigenvalue weighted by atomic mass is 35.5.